The van der Waals surface area contributed by atoms with Gasteiger partial charge in [0.1, 0.15) is 12.7 Å². The number of urea groups is 1. The zero-order valence-corrected chi connectivity index (χ0v) is 15.6. The van der Waals surface area contributed by atoms with E-state index in [1.54, 1.807) is 35.3 Å². The molecule has 1 aromatic carbocycles. The van der Waals surface area contributed by atoms with E-state index in [1.807, 2.05) is 11.8 Å². The van der Waals surface area contributed by atoms with Crippen LogP contribution in [0.4, 0.5) is 10.5 Å². The molecular weight excluding hydrogens is 346 g/mol. The minimum atomic E-state index is -0.327. The van der Waals surface area contributed by atoms with E-state index in [9.17, 15) is 9.59 Å². The van der Waals surface area contributed by atoms with Crippen LogP contribution in [0.3, 0.4) is 0 Å². The molecule has 2 N–H and O–H groups in total. The number of anilines is 1. The van der Waals surface area contributed by atoms with E-state index in [0.717, 1.165) is 13.1 Å². The molecule has 9 nitrogen and oxygen atoms in total. The van der Waals surface area contributed by atoms with Crippen molar-refractivity contribution in [2.75, 3.05) is 38.5 Å². The maximum atomic E-state index is 12.7. The van der Waals surface area contributed by atoms with E-state index < -0.39 is 0 Å². The van der Waals surface area contributed by atoms with Crippen LogP contribution in [0.5, 0.6) is 0 Å². The summed E-state index contributed by atoms with van der Waals surface area (Å²) < 4.78 is 1.65. The lowest BCUT2D eigenvalue weighted by Gasteiger charge is -2.32. The molecule has 1 fully saturated rings. The highest BCUT2D eigenvalue weighted by Crippen LogP contribution is 2.14. The van der Waals surface area contributed by atoms with Crippen molar-refractivity contribution in [3.8, 4) is 0 Å². The smallest absolute Gasteiger partial charge is 0.319 e. The predicted molar refractivity (Wildman–Crippen MR) is 101 cm³/mol. The summed E-state index contributed by atoms with van der Waals surface area (Å²) in [5.41, 5.74) is 1.16. The number of aromatic nitrogens is 3. The Kier molecular flexibility index (Phi) is 6.02. The van der Waals surface area contributed by atoms with Crippen LogP contribution in [-0.2, 0) is 6.54 Å². The predicted octanol–water partition coefficient (Wildman–Crippen LogP) is 0.876. The quantitative estimate of drug-likeness (QED) is 0.813. The highest BCUT2D eigenvalue weighted by molar-refractivity contribution is 5.97. The highest BCUT2D eigenvalue weighted by atomic mass is 16.2. The number of rotatable bonds is 5. The first kappa shape index (κ1) is 18.8. The largest absolute Gasteiger partial charge is 0.336 e. The zero-order chi connectivity index (χ0) is 19.2. The number of benzene rings is 1. The van der Waals surface area contributed by atoms with Gasteiger partial charge in [0, 0.05) is 43.5 Å². The third-order valence-electron chi connectivity index (χ3n) is 4.46. The average molecular weight is 371 g/mol. The van der Waals surface area contributed by atoms with Gasteiger partial charge in [0.2, 0.25) is 0 Å². The molecule has 0 saturated carbocycles. The molecule has 2 heterocycles. The molecule has 9 heteroatoms. The number of carbonyl (C=O) groups is 2. The second-order valence-corrected chi connectivity index (χ2v) is 6.79. The Morgan fingerprint density at radius 1 is 1.22 bits per heavy atom. The topological polar surface area (TPSA) is 95.4 Å². The van der Waals surface area contributed by atoms with E-state index in [0.29, 0.717) is 30.9 Å². The van der Waals surface area contributed by atoms with Gasteiger partial charge < -0.3 is 20.4 Å². The lowest BCUT2D eigenvalue weighted by atomic mass is 10.1. The Hall–Kier alpha value is -2.94. The molecule has 2 aromatic rings. The Labute approximate surface area is 158 Å². The number of carbonyl (C=O) groups excluding carboxylic acids is 2. The molecule has 1 atom stereocenters. The van der Waals surface area contributed by atoms with Crippen molar-refractivity contribution in [2.45, 2.75) is 19.5 Å². The summed E-state index contributed by atoms with van der Waals surface area (Å²) in [6.07, 6.45) is 3.05. The molecule has 1 aliphatic rings. The summed E-state index contributed by atoms with van der Waals surface area (Å²) >= 11 is 0. The van der Waals surface area contributed by atoms with E-state index in [1.165, 1.54) is 6.33 Å². The fourth-order valence-corrected chi connectivity index (χ4v) is 2.97. The SMILES string of the molecule is CC(Cn1cncn1)NC(=O)Nc1cccc(C(=O)N2CCN(C)CC2)c1. The summed E-state index contributed by atoms with van der Waals surface area (Å²) in [4.78, 5) is 32.8. The van der Waals surface area contributed by atoms with Gasteiger partial charge in [-0.05, 0) is 32.2 Å². The van der Waals surface area contributed by atoms with Crippen LogP contribution < -0.4 is 10.6 Å². The lowest BCUT2D eigenvalue weighted by molar-refractivity contribution is 0.0664. The maximum Gasteiger partial charge on any atom is 0.319 e. The Balaban J connectivity index is 1.55. The van der Waals surface area contributed by atoms with Crippen LogP contribution in [-0.4, -0.2) is 75.8 Å². The molecule has 3 rings (SSSR count). The number of hydrogen-bond donors (Lipinski definition) is 2. The highest BCUT2D eigenvalue weighted by Gasteiger charge is 2.20. The third kappa shape index (κ3) is 5.27. The lowest BCUT2D eigenvalue weighted by Crippen LogP contribution is -2.47. The van der Waals surface area contributed by atoms with Crippen LogP contribution in [0.25, 0.3) is 0 Å². The molecule has 144 valence electrons. The monoisotopic (exact) mass is 371 g/mol. The van der Waals surface area contributed by atoms with Gasteiger partial charge >= 0.3 is 6.03 Å². The number of piperazine rings is 1. The second-order valence-electron chi connectivity index (χ2n) is 6.79. The molecule has 27 heavy (non-hydrogen) atoms. The van der Waals surface area contributed by atoms with Gasteiger partial charge in [-0.3, -0.25) is 9.48 Å². The van der Waals surface area contributed by atoms with Gasteiger partial charge in [-0.2, -0.15) is 5.10 Å². The Morgan fingerprint density at radius 2 is 2.00 bits per heavy atom. The van der Waals surface area contributed by atoms with Gasteiger partial charge in [-0.15, -0.1) is 0 Å². The van der Waals surface area contributed by atoms with E-state index in [4.69, 9.17) is 0 Å². The van der Waals surface area contributed by atoms with Crippen molar-refractivity contribution >= 4 is 17.6 Å². The summed E-state index contributed by atoms with van der Waals surface area (Å²) in [6.45, 7) is 5.58. The van der Waals surface area contributed by atoms with Crippen LogP contribution in [0.15, 0.2) is 36.9 Å². The molecule has 0 radical (unpaired) electrons. The van der Waals surface area contributed by atoms with Crippen LogP contribution in [0.2, 0.25) is 0 Å². The van der Waals surface area contributed by atoms with E-state index >= 15 is 0 Å². The van der Waals surface area contributed by atoms with Crippen molar-refractivity contribution < 1.29 is 9.59 Å². The molecule has 1 aliphatic heterocycles. The fraction of sp³-hybridized carbons (Fsp3) is 0.444. The standard InChI is InChI=1S/C18H25N7O2/c1-14(11-25-13-19-12-20-25)21-18(27)22-16-5-3-4-15(10-16)17(26)24-8-6-23(2)7-9-24/h3-5,10,12-14H,6-9,11H2,1-2H3,(H2,21,22,27). The molecule has 1 aromatic heterocycles. The zero-order valence-electron chi connectivity index (χ0n) is 15.6. The van der Waals surface area contributed by atoms with Gasteiger partial charge in [0.25, 0.3) is 5.91 Å². The molecule has 0 aliphatic carbocycles. The Morgan fingerprint density at radius 3 is 2.70 bits per heavy atom. The van der Waals surface area contributed by atoms with Gasteiger partial charge in [0.15, 0.2) is 0 Å². The van der Waals surface area contributed by atoms with Crippen molar-refractivity contribution in [3.63, 3.8) is 0 Å². The molecule has 1 unspecified atom stereocenters. The van der Waals surface area contributed by atoms with Crippen LogP contribution >= 0.6 is 0 Å². The second kappa shape index (κ2) is 8.63. The molecule has 3 amide bonds. The van der Waals surface area contributed by atoms with E-state index in [-0.39, 0.29) is 18.0 Å². The molecule has 1 saturated heterocycles. The number of nitrogens with one attached hydrogen (secondary N) is 2. The summed E-state index contributed by atoms with van der Waals surface area (Å²) in [7, 11) is 2.05. The average Bonchev–Trinajstić information content (AvgIpc) is 3.14. The number of likely N-dealkylation sites (N-methyl/N-ethyl adjacent to an activating group) is 1. The van der Waals surface area contributed by atoms with Crippen molar-refractivity contribution in [3.05, 3.63) is 42.5 Å². The fourth-order valence-electron chi connectivity index (χ4n) is 2.97. The summed E-state index contributed by atoms with van der Waals surface area (Å²) in [5.74, 6) is -0.00768. The van der Waals surface area contributed by atoms with Gasteiger partial charge in [0.05, 0.1) is 6.54 Å². The Bertz CT molecular complexity index is 770. The van der Waals surface area contributed by atoms with E-state index in [2.05, 4.69) is 32.7 Å². The minimum absolute atomic E-state index is 0.00768. The normalized spacial score (nSPS) is 16.0. The van der Waals surface area contributed by atoms with Crippen molar-refractivity contribution in [1.29, 1.82) is 0 Å². The molecule has 0 spiro atoms. The maximum absolute atomic E-state index is 12.7. The number of hydrogen-bond acceptors (Lipinski definition) is 5. The number of nitrogens with zero attached hydrogens (tertiary/aromatic N) is 5. The summed E-state index contributed by atoms with van der Waals surface area (Å²) in [5, 5.41) is 9.64. The molecular formula is C18H25N7O2. The van der Waals surface area contributed by atoms with Crippen molar-refractivity contribution in [1.82, 2.24) is 29.9 Å². The molecule has 0 bridgehead atoms. The number of amides is 3. The first-order valence-corrected chi connectivity index (χ1v) is 8.99. The first-order chi connectivity index (χ1) is 13.0. The van der Waals surface area contributed by atoms with Crippen LogP contribution in [0, 0.1) is 0 Å². The van der Waals surface area contributed by atoms with Crippen LogP contribution in [0.1, 0.15) is 17.3 Å². The van der Waals surface area contributed by atoms with Crippen molar-refractivity contribution in [2.24, 2.45) is 0 Å². The summed E-state index contributed by atoms with van der Waals surface area (Å²) in [6, 6.07) is 6.58. The minimum Gasteiger partial charge on any atom is -0.336 e. The van der Waals surface area contributed by atoms with Gasteiger partial charge in [-0.1, -0.05) is 6.07 Å². The van der Waals surface area contributed by atoms with Gasteiger partial charge in [-0.25, -0.2) is 9.78 Å². The third-order valence-corrected chi connectivity index (χ3v) is 4.46. The first-order valence-electron chi connectivity index (χ1n) is 8.99.